The van der Waals surface area contributed by atoms with Crippen LogP contribution in [-0.2, 0) is 18.9 Å². The molecule has 12 unspecified atom stereocenters. The summed E-state index contributed by atoms with van der Waals surface area (Å²) in [6.07, 6.45) is 12.5. The Kier molecular flexibility index (Phi) is 9.16. The number of ether oxygens (including phenoxy) is 4. The molecule has 0 aromatic rings. The Labute approximate surface area is 243 Å². The Morgan fingerprint density at radius 2 is 1.82 bits per heavy atom. The third kappa shape index (κ3) is 5.87. The van der Waals surface area contributed by atoms with Gasteiger partial charge in [-0.05, 0) is 0 Å². The minimum atomic E-state index is -1.58. The van der Waals surface area contributed by atoms with Crippen LogP contribution in [0.3, 0.4) is 0 Å². The van der Waals surface area contributed by atoms with Gasteiger partial charge in [0.25, 0.3) is 0 Å². The molecular weight excluding hydrogens is 611 g/mol. The normalized spacial score (nSPS) is 52.0. The molecule has 8 heteroatoms. The van der Waals surface area contributed by atoms with Crippen molar-refractivity contribution >= 4 is 0 Å². The fourth-order valence-electron chi connectivity index (χ4n) is 6.82. The first kappa shape index (κ1) is 29.9. The summed E-state index contributed by atoms with van der Waals surface area (Å²) < 4.78 is 26.0. The number of halogens is 1. The molecule has 1 spiro atoms. The third-order valence-corrected chi connectivity index (χ3v) is 12.2. The molecule has 2 bridgehead atoms. The molecule has 0 amide bonds. The molecule has 7 nitrogen and oxygen atoms in total. The summed E-state index contributed by atoms with van der Waals surface area (Å²) in [6, 6.07) is 0. The molecule has 0 saturated carbocycles. The van der Waals surface area contributed by atoms with Gasteiger partial charge in [-0.15, -0.1) is 0 Å². The van der Waals surface area contributed by atoms with Crippen LogP contribution in [0, 0.1) is 23.7 Å². The summed E-state index contributed by atoms with van der Waals surface area (Å²) in [5, 5.41) is 34.6. The molecule has 4 heterocycles. The topological polar surface area (TPSA) is 97.6 Å². The SMILES string of the molecule is C[I-]C1OC2(CCC1C)CC1CC(C/C=C/C(C)C(C)/C=C/C=C3\COC4C(O)C(C)=CC(C(O)O1)C34O)O2. The van der Waals surface area contributed by atoms with Gasteiger partial charge in [0, 0.05) is 0 Å². The maximum absolute atomic E-state index is 12.1. The van der Waals surface area contributed by atoms with Gasteiger partial charge in [0.1, 0.15) is 0 Å². The number of allylic oxidation sites excluding steroid dienone is 4. The molecular formula is C31H46IO7-. The van der Waals surface area contributed by atoms with E-state index in [0.29, 0.717) is 35.8 Å². The number of alkyl halides is 2. The van der Waals surface area contributed by atoms with Crippen LogP contribution >= 0.6 is 0 Å². The van der Waals surface area contributed by atoms with E-state index in [-0.39, 0.29) is 50.0 Å². The van der Waals surface area contributed by atoms with Crippen LogP contribution in [-0.4, -0.2) is 73.1 Å². The summed E-state index contributed by atoms with van der Waals surface area (Å²) in [6.45, 7) is 8.64. The first-order chi connectivity index (χ1) is 18.6. The van der Waals surface area contributed by atoms with Gasteiger partial charge in [-0.3, -0.25) is 0 Å². The second-order valence-electron chi connectivity index (χ2n) is 12.3. The number of aliphatic hydroxyl groups excluding tert-OH is 2. The zero-order chi connectivity index (χ0) is 27.9. The first-order valence-electron chi connectivity index (χ1n) is 14.5. The van der Waals surface area contributed by atoms with Crippen molar-refractivity contribution in [3.63, 3.8) is 0 Å². The van der Waals surface area contributed by atoms with Gasteiger partial charge >= 0.3 is 244 Å². The van der Waals surface area contributed by atoms with Crippen LogP contribution in [0.1, 0.15) is 59.8 Å². The third-order valence-electron chi connectivity index (χ3n) is 9.51. The van der Waals surface area contributed by atoms with Crippen LogP contribution in [0.2, 0.25) is 0 Å². The molecule has 5 rings (SSSR count). The predicted octanol–water partition coefficient (Wildman–Crippen LogP) is 0.838. The Bertz CT molecular complexity index is 1010. The Morgan fingerprint density at radius 1 is 1.05 bits per heavy atom. The van der Waals surface area contributed by atoms with E-state index in [0.717, 1.165) is 19.3 Å². The van der Waals surface area contributed by atoms with Crippen LogP contribution in [0.25, 0.3) is 0 Å². The molecule has 3 saturated heterocycles. The average Bonchev–Trinajstić information content (AvgIpc) is 3.24. The molecule has 4 aliphatic heterocycles. The number of hydrogen-bond acceptors (Lipinski definition) is 7. The van der Waals surface area contributed by atoms with Gasteiger partial charge in [-0.1, -0.05) is 0 Å². The molecule has 3 fully saturated rings. The van der Waals surface area contributed by atoms with E-state index < -0.39 is 35.8 Å². The van der Waals surface area contributed by atoms with Crippen molar-refractivity contribution in [2.45, 2.75) is 106 Å². The fraction of sp³-hybridized carbons (Fsp3) is 0.742. The molecule has 0 radical (unpaired) electrons. The first-order valence-corrected chi connectivity index (χ1v) is 17.9. The summed E-state index contributed by atoms with van der Waals surface area (Å²) >= 11 is -0.114. The van der Waals surface area contributed by atoms with Crippen LogP contribution in [0.4, 0.5) is 0 Å². The minimum absolute atomic E-state index is 0.0890. The molecule has 0 aromatic carbocycles. The van der Waals surface area contributed by atoms with Gasteiger partial charge in [0.2, 0.25) is 0 Å². The Hall–Kier alpha value is -0.590. The van der Waals surface area contributed by atoms with E-state index in [1.165, 1.54) is 0 Å². The summed E-state index contributed by atoms with van der Waals surface area (Å²) in [4.78, 5) is 2.26. The van der Waals surface area contributed by atoms with E-state index in [1.807, 2.05) is 12.2 Å². The Morgan fingerprint density at radius 3 is 2.59 bits per heavy atom. The molecule has 39 heavy (non-hydrogen) atoms. The van der Waals surface area contributed by atoms with Crippen LogP contribution < -0.4 is 21.2 Å². The van der Waals surface area contributed by atoms with Gasteiger partial charge in [-0.25, -0.2) is 0 Å². The van der Waals surface area contributed by atoms with E-state index >= 15 is 0 Å². The second-order valence-corrected chi connectivity index (χ2v) is 14.8. The number of aliphatic hydroxyl groups is 3. The van der Waals surface area contributed by atoms with Crippen molar-refractivity contribution in [1.82, 2.24) is 0 Å². The van der Waals surface area contributed by atoms with Crippen molar-refractivity contribution in [3.8, 4) is 0 Å². The number of hydrogen-bond donors (Lipinski definition) is 3. The summed E-state index contributed by atoms with van der Waals surface area (Å²) in [5.41, 5.74) is -0.273. The summed E-state index contributed by atoms with van der Waals surface area (Å²) in [7, 11) is 0. The van der Waals surface area contributed by atoms with Gasteiger partial charge < -0.3 is 0 Å². The van der Waals surface area contributed by atoms with E-state index in [4.69, 9.17) is 18.9 Å². The van der Waals surface area contributed by atoms with Crippen LogP contribution in [0.5, 0.6) is 0 Å². The Balaban J connectivity index is 1.50. The predicted molar refractivity (Wildman–Crippen MR) is 144 cm³/mol. The molecule has 0 aromatic heterocycles. The van der Waals surface area contributed by atoms with E-state index in [1.54, 1.807) is 13.0 Å². The zero-order valence-electron chi connectivity index (χ0n) is 23.8. The van der Waals surface area contributed by atoms with E-state index in [2.05, 4.69) is 43.9 Å². The molecule has 5 aliphatic rings. The molecule has 220 valence electrons. The van der Waals surface area contributed by atoms with Crippen LogP contribution in [0.15, 0.2) is 47.6 Å². The molecule has 3 N–H and O–H groups in total. The molecule has 12 atom stereocenters. The summed E-state index contributed by atoms with van der Waals surface area (Å²) in [5.74, 6) is -0.368. The quantitative estimate of drug-likeness (QED) is 0.219. The van der Waals surface area contributed by atoms with Crippen molar-refractivity contribution in [2.24, 2.45) is 23.7 Å². The second kappa shape index (κ2) is 12.0. The average molecular weight is 658 g/mol. The maximum atomic E-state index is 12.1. The number of fused-ring (bicyclic) bond motifs is 2. The monoisotopic (exact) mass is 657 g/mol. The van der Waals surface area contributed by atoms with Gasteiger partial charge in [0.05, 0.1) is 0 Å². The van der Waals surface area contributed by atoms with Crippen molar-refractivity contribution in [2.75, 3.05) is 11.5 Å². The van der Waals surface area contributed by atoms with Crippen molar-refractivity contribution < 1.29 is 55.5 Å². The van der Waals surface area contributed by atoms with Gasteiger partial charge in [0.15, 0.2) is 0 Å². The fourth-order valence-corrected chi connectivity index (χ4v) is 9.13. The zero-order valence-corrected chi connectivity index (χ0v) is 26.0. The standard InChI is InChI=1S/C31H46IO7/c1-18-8-6-10-22-17-36-27-26(33)21(4)14-25(31(22,27)35)29(34)37-24-15-23(11-7-9-19(18)2)38-30(16-24)13-12-20(3)28(32-5)39-30/h6-10,14,18-20,23-29,33-35H,11-13,15-17H2,1-5H3/q-1/b8-6+,9-7+,22-10+. The van der Waals surface area contributed by atoms with Crippen molar-refractivity contribution in [3.05, 3.63) is 47.6 Å². The van der Waals surface area contributed by atoms with Gasteiger partial charge in [-0.2, -0.15) is 0 Å². The molecule has 1 aliphatic carbocycles. The van der Waals surface area contributed by atoms with Crippen molar-refractivity contribution in [1.29, 1.82) is 0 Å². The number of rotatable bonds is 1. The van der Waals surface area contributed by atoms with E-state index in [9.17, 15) is 15.3 Å².